The SMILES string of the molecule is Cc1ccc(-c2nc(SCc3csc(-c4ccccc4Cl)n3)n[nH]2)cc1. The molecule has 26 heavy (non-hydrogen) atoms. The molecule has 0 atom stereocenters. The van der Waals surface area contributed by atoms with E-state index in [-0.39, 0.29) is 0 Å². The highest BCUT2D eigenvalue weighted by Gasteiger charge is 2.10. The minimum atomic E-state index is 0.714. The Hall–Kier alpha value is -2.15. The molecule has 130 valence electrons. The second-order valence-electron chi connectivity index (χ2n) is 5.75. The third-order valence-corrected chi connectivity index (χ3v) is 5.93. The van der Waals surface area contributed by atoms with Crippen LogP contribution in [0.3, 0.4) is 0 Å². The Morgan fingerprint density at radius 1 is 1.08 bits per heavy atom. The van der Waals surface area contributed by atoms with E-state index in [9.17, 15) is 0 Å². The number of nitrogens with one attached hydrogen (secondary N) is 1. The van der Waals surface area contributed by atoms with Gasteiger partial charge in [0.05, 0.1) is 10.7 Å². The van der Waals surface area contributed by atoms with Crippen LogP contribution in [0.25, 0.3) is 22.0 Å². The summed E-state index contributed by atoms with van der Waals surface area (Å²) < 4.78 is 0. The lowest BCUT2D eigenvalue weighted by Crippen LogP contribution is -1.84. The van der Waals surface area contributed by atoms with E-state index in [1.807, 2.05) is 36.4 Å². The van der Waals surface area contributed by atoms with E-state index >= 15 is 0 Å². The summed E-state index contributed by atoms with van der Waals surface area (Å²) in [5.74, 6) is 1.49. The van der Waals surface area contributed by atoms with Gasteiger partial charge in [-0.05, 0) is 13.0 Å². The van der Waals surface area contributed by atoms with Gasteiger partial charge in [0.25, 0.3) is 0 Å². The molecule has 0 bridgehead atoms. The second-order valence-corrected chi connectivity index (χ2v) is 7.95. The van der Waals surface area contributed by atoms with Crippen molar-refractivity contribution in [3.63, 3.8) is 0 Å². The Morgan fingerprint density at radius 2 is 1.88 bits per heavy atom. The number of aromatic amines is 1. The molecule has 2 aromatic heterocycles. The van der Waals surface area contributed by atoms with Gasteiger partial charge in [-0.1, -0.05) is 71.4 Å². The molecule has 0 unspecified atom stereocenters. The van der Waals surface area contributed by atoms with Crippen molar-refractivity contribution in [1.82, 2.24) is 20.2 Å². The lowest BCUT2D eigenvalue weighted by molar-refractivity contribution is 0.972. The Labute approximate surface area is 164 Å². The van der Waals surface area contributed by atoms with Crippen molar-refractivity contribution in [1.29, 1.82) is 0 Å². The van der Waals surface area contributed by atoms with Gasteiger partial charge in [-0.25, -0.2) is 9.97 Å². The van der Waals surface area contributed by atoms with Gasteiger partial charge in [0.15, 0.2) is 5.82 Å². The third-order valence-electron chi connectivity index (χ3n) is 3.80. The number of halogens is 1. The van der Waals surface area contributed by atoms with Crippen LogP contribution in [0, 0.1) is 6.92 Å². The van der Waals surface area contributed by atoms with Gasteiger partial charge in [0.1, 0.15) is 5.01 Å². The van der Waals surface area contributed by atoms with E-state index in [1.54, 1.807) is 23.1 Å². The van der Waals surface area contributed by atoms with Crippen molar-refractivity contribution in [3.8, 4) is 22.0 Å². The molecule has 4 rings (SSSR count). The molecule has 1 N–H and O–H groups in total. The molecule has 0 radical (unpaired) electrons. The maximum atomic E-state index is 6.25. The summed E-state index contributed by atoms with van der Waals surface area (Å²) in [6.45, 7) is 2.07. The summed E-state index contributed by atoms with van der Waals surface area (Å²) >= 11 is 9.41. The van der Waals surface area contributed by atoms with Crippen LogP contribution < -0.4 is 0 Å². The van der Waals surface area contributed by atoms with Crippen molar-refractivity contribution in [3.05, 3.63) is 70.2 Å². The molecule has 0 spiro atoms. The molecule has 0 saturated carbocycles. The first kappa shape index (κ1) is 17.3. The first-order valence-corrected chi connectivity index (χ1v) is 10.2. The highest BCUT2D eigenvalue weighted by Crippen LogP contribution is 2.31. The standard InChI is InChI=1S/C19H15ClN4S2/c1-12-6-8-13(9-7-12)17-22-19(24-23-17)26-11-14-10-25-18(21-14)15-4-2-3-5-16(15)20/h2-10H,11H2,1H3,(H,22,23,24). The van der Waals surface area contributed by atoms with E-state index in [2.05, 4.69) is 44.6 Å². The molecule has 0 saturated heterocycles. The van der Waals surface area contributed by atoms with Gasteiger partial charge >= 0.3 is 0 Å². The molecular formula is C19H15ClN4S2. The zero-order valence-electron chi connectivity index (χ0n) is 13.9. The zero-order chi connectivity index (χ0) is 17.9. The van der Waals surface area contributed by atoms with E-state index in [0.717, 1.165) is 32.7 Å². The van der Waals surface area contributed by atoms with E-state index in [1.165, 1.54) is 5.56 Å². The van der Waals surface area contributed by atoms with Crippen LogP contribution in [0.4, 0.5) is 0 Å². The van der Waals surface area contributed by atoms with Gasteiger partial charge in [0.2, 0.25) is 5.16 Å². The Balaban J connectivity index is 1.44. The molecule has 0 aliphatic heterocycles. The first-order chi connectivity index (χ1) is 12.7. The van der Waals surface area contributed by atoms with Crippen molar-refractivity contribution in [2.75, 3.05) is 0 Å². The maximum absolute atomic E-state index is 6.25. The molecule has 4 aromatic rings. The summed E-state index contributed by atoms with van der Waals surface area (Å²) in [5.41, 5.74) is 4.22. The van der Waals surface area contributed by atoms with E-state index in [0.29, 0.717) is 10.9 Å². The molecule has 2 heterocycles. The van der Waals surface area contributed by atoms with Crippen LogP contribution in [0.5, 0.6) is 0 Å². The lowest BCUT2D eigenvalue weighted by atomic mass is 10.1. The lowest BCUT2D eigenvalue weighted by Gasteiger charge is -1.98. The fourth-order valence-electron chi connectivity index (χ4n) is 2.42. The summed E-state index contributed by atoms with van der Waals surface area (Å²) in [7, 11) is 0. The molecule has 4 nitrogen and oxygen atoms in total. The summed E-state index contributed by atoms with van der Waals surface area (Å²) in [5, 5.41) is 11.7. The van der Waals surface area contributed by atoms with Crippen LogP contribution in [0.2, 0.25) is 5.02 Å². The van der Waals surface area contributed by atoms with Crippen LogP contribution >= 0.6 is 34.7 Å². The van der Waals surface area contributed by atoms with Crippen LogP contribution in [-0.2, 0) is 5.75 Å². The van der Waals surface area contributed by atoms with Crippen molar-refractivity contribution in [2.24, 2.45) is 0 Å². The summed E-state index contributed by atoms with van der Waals surface area (Å²) in [6.07, 6.45) is 0. The van der Waals surface area contributed by atoms with Gasteiger partial charge in [-0.2, -0.15) is 0 Å². The molecule has 7 heteroatoms. The van der Waals surface area contributed by atoms with E-state index < -0.39 is 0 Å². The molecule has 0 aliphatic carbocycles. The predicted octanol–water partition coefficient (Wildman–Crippen LogP) is 5.85. The summed E-state index contributed by atoms with van der Waals surface area (Å²) in [6, 6.07) is 16.0. The number of thioether (sulfide) groups is 1. The Bertz CT molecular complexity index is 1020. The number of rotatable bonds is 5. The number of hydrogen-bond acceptors (Lipinski definition) is 5. The fourth-order valence-corrected chi connectivity index (χ4v) is 4.36. The first-order valence-electron chi connectivity index (χ1n) is 8.00. The van der Waals surface area contributed by atoms with Crippen LogP contribution in [0.1, 0.15) is 11.3 Å². The average Bonchev–Trinajstić information content (AvgIpc) is 3.30. The van der Waals surface area contributed by atoms with Gasteiger partial charge in [0, 0.05) is 22.3 Å². The van der Waals surface area contributed by atoms with Crippen molar-refractivity contribution < 1.29 is 0 Å². The van der Waals surface area contributed by atoms with Gasteiger partial charge < -0.3 is 0 Å². The number of hydrogen-bond donors (Lipinski definition) is 1. The van der Waals surface area contributed by atoms with Crippen LogP contribution in [-0.4, -0.2) is 20.2 Å². The monoisotopic (exact) mass is 398 g/mol. The molecule has 0 fully saturated rings. The largest absolute Gasteiger partial charge is 0.258 e. The van der Waals surface area contributed by atoms with E-state index in [4.69, 9.17) is 11.6 Å². The van der Waals surface area contributed by atoms with Crippen LogP contribution in [0.15, 0.2) is 59.1 Å². The Morgan fingerprint density at radius 3 is 2.69 bits per heavy atom. The summed E-state index contributed by atoms with van der Waals surface area (Å²) in [4.78, 5) is 9.23. The highest BCUT2D eigenvalue weighted by molar-refractivity contribution is 7.98. The molecular weight excluding hydrogens is 384 g/mol. The maximum Gasteiger partial charge on any atom is 0.209 e. The predicted molar refractivity (Wildman–Crippen MR) is 109 cm³/mol. The smallest absolute Gasteiger partial charge is 0.209 e. The topological polar surface area (TPSA) is 54.5 Å². The molecule has 0 aliphatic rings. The average molecular weight is 399 g/mol. The number of aromatic nitrogens is 4. The zero-order valence-corrected chi connectivity index (χ0v) is 16.3. The number of H-pyrrole nitrogens is 1. The van der Waals surface area contributed by atoms with Gasteiger partial charge in [-0.3, -0.25) is 5.10 Å². The molecule has 2 aromatic carbocycles. The quantitative estimate of drug-likeness (QED) is 0.428. The number of nitrogens with zero attached hydrogens (tertiary/aromatic N) is 3. The number of benzene rings is 2. The molecule has 0 amide bonds. The van der Waals surface area contributed by atoms with Crippen molar-refractivity contribution in [2.45, 2.75) is 17.8 Å². The third kappa shape index (κ3) is 3.82. The fraction of sp³-hybridized carbons (Fsp3) is 0.105. The van der Waals surface area contributed by atoms with Crippen molar-refractivity contribution >= 4 is 34.7 Å². The Kier molecular flexibility index (Phi) is 5.06. The number of aryl methyl sites for hydroxylation is 1. The highest BCUT2D eigenvalue weighted by atomic mass is 35.5. The number of thiazole rings is 1. The minimum absolute atomic E-state index is 0.714. The minimum Gasteiger partial charge on any atom is -0.258 e. The second kappa shape index (κ2) is 7.61. The normalized spacial score (nSPS) is 11.0. The van der Waals surface area contributed by atoms with Gasteiger partial charge in [-0.15, -0.1) is 16.4 Å².